The van der Waals surface area contributed by atoms with Gasteiger partial charge in [-0.25, -0.2) is 0 Å². The summed E-state index contributed by atoms with van der Waals surface area (Å²) in [6.45, 7) is 6.60. The van der Waals surface area contributed by atoms with Crippen molar-refractivity contribution in [3.63, 3.8) is 0 Å². The molecule has 1 nitrogen and oxygen atoms in total. The standard InChI is InChI=1S/C15H18BrNS/c1-10-6-4-5-7-13(10)11(2)17-12(3)15-14(16)8-9-18-15/h4-9,11-12,17H,1-3H3. The third-order valence-corrected chi connectivity index (χ3v) is 5.25. The highest BCUT2D eigenvalue weighted by Gasteiger charge is 2.15. The molecule has 0 saturated heterocycles. The molecular formula is C15H18BrNS. The Labute approximate surface area is 121 Å². The smallest absolute Gasteiger partial charge is 0.0402 e. The van der Waals surface area contributed by atoms with E-state index in [0.29, 0.717) is 12.1 Å². The van der Waals surface area contributed by atoms with Crippen LogP contribution in [-0.4, -0.2) is 0 Å². The Morgan fingerprint density at radius 2 is 1.83 bits per heavy atom. The van der Waals surface area contributed by atoms with Crippen LogP contribution in [0.3, 0.4) is 0 Å². The van der Waals surface area contributed by atoms with Crippen LogP contribution in [-0.2, 0) is 0 Å². The molecule has 3 heteroatoms. The number of halogens is 1. The van der Waals surface area contributed by atoms with Crippen molar-refractivity contribution in [1.82, 2.24) is 5.32 Å². The lowest BCUT2D eigenvalue weighted by Gasteiger charge is -2.21. The number of benzene rings is 1. The second kappa shape index (κ2) is 6.00. The maximum absolute atomic E-state index is 3.66. The average Bonchev–Trinajstić information content (AvgIpc) is 2.76. The summed E-state index contributed by atoms with van der Waals surface area (Å²) in [5, 5.41) is 5.78. The van der Waals surface area contributed by atoms with Gasteiger partial charge < -0.3 is 5.32 Å². The highest BCUT2D eigenvalue weighted by Crippen LogP contribution is 2.30. The summed E-state index contributed by atoms with van der Waals surface area (Å²) in [5.41, 5.74) is 2.71. The minimum absolute atomic E-state index is 0.356. The molecule has 96 valence electrons. The van der Waals surface area contributed by atoms with Crippen LogP contribution in [0.5, 0.6) is 0 Å². The maximum atomic E-state index is 3.66. The van der Waals surface area contributed by atoms with Gasteiger partial charge in [-0.1, -0.05) is 24.3 Å². The summed E-state index contributed by atoms with van der Waals surface area (Å²) in [7, 11) is 0. The van der Waals surface area contributed by atoms with E-state index in [9.17, 15) is 0 Å². The lowest BCUT2D eigenvalue weighted by Crippen LogP contribution is -2.22. The van der Waals surface area contributed by atoms with Crippen molar-refractivity contribution in [1.29, 1.82) is 0 Å². The van der Waals surface area contributed by atoms with Gasteiger partial charge in [-0.05, 0) is 59.3 Å². The second-order valence-corrected chi connectivity index (χ2v) is 6.40. The molecule has 0 saturated carbocycles. The van der Waals surface area contributed by atoms with Crippen molar-refractivity contribution in [2.45, 2.75) is 32.9 Å². The SMILES string of the molecule is Cc1ccccc1C(C)NC(C)c1sccc1Br. The fourth-order valence-corrected chi connectivity index (χ4v) is 3.96. The van der Waals surface area contributed by atoms with Gasteiger partial charge in [-0.2, -0.15) is 0 Å². The quantitative estimate of drug-likeness (QED) is 0.812. The molecule has 0 fully saturated rings. The highest BCUT2D eigenvalue weighted by molar-refractivity contribution is 9.10. The van der Waals surface area contributed by atoms with Crippen molar-refractivity contribution < 1.29 is 0 Å². The number of rotatable bonds is 4. The van der Waals surface area contributed by atoms with Crippen LogP contribution in [0.25, 0.3) is 0 Å². The number of hydrogen-bond donors (Lipinski definition) is 1. The summed E-state index contributed by atoms with van der Waals surface area (Å²) in [6, 6.07) is 11.4. The van der Waals surface area contributed by atoms with Crippen molar-refractivity contribution in [3.8, 4) is 0 Å². The van der Waals surface area contributed by atoms with Crippen molar-refractivity contribution in [3.05, 3.63) is 56.2 Å². The zero-order chi connectivity index (χ0) is 13.1. The van der Waals surface area contributed by atoms with Crippen LogP contribution in [0.1, 0.15) is 41.9 Å². The number of thiophene rings is 1. The molecule has 2 aromatic rings. The number of hydrogen-bond acceptors (Lipinski definition) is 2. The molecule has 2 rings (SSSR count). The van der Waals surface area contributed by atoms with E-state index in [0.717, 1.165) is 0 Å². The molecule has 1 aromatic carbocycles. The van der Waals surface area contributed by atoms with Gasteiger partial charge in [0.15, 0.2) is 0 Å². The van der Waals surface area contributed by atoms with E-state index in [1.165, 1.54) is 20.5 Å². The Hall–Kier alpha value is -0.640. The van der Waals surface area contributed by atoms with Crippen LogP contribution in [0.15, 0.2) is 40.2 Å². The van der Waals surface area contributed by atoms with Gasteiger partial charge in [0, 0.05) is 21.4 Å². The maximum Gasteiger partial charge on any atom is 0.0402 e. The van der Waals surface area contributed by atoms with E-state index in [1.54, 1.807) is 11.3 Å². The van der Waals surface area contributed by atoms with Crippen LogP contribution < -0.4 is 5.32 Å². The van der Waals surface area contributed by atoms with Gasteiger partial charge in [0.05, 0.1) is 0 Å². The molecule has 0 radical (unpaired) electrons. The lowest BCUT2D eigenvalue weighted by molar-refractivity contribution is 0.497. The Kier molecular flexibility index (Phi) is 4.60. The molecule has 2 atom stereocenters. The van der Waals surface area contributed by atoms with Gasteiger partial charge >= 0.3 is 0 Å². The summed E-state index contributed by atoms with van der Waals surface area (Å²) < 4.78 is 1.20. The fourth-order valence-electron chi connectivity index (χ4n) is 2.23. The molecule has 0 bridgehead atoms. The van der Waals surface area contributed by atoms with E-state index in [-0.39, 0.29) is 0 Å². The molecule has 0 amide bonds. The van der Waals surface area contributed by atoms with Crippen molar-refractivity contribution >= 4 is 27.3 Å². The third kappa shape index (κ3) is 3.02. The molecule has 0 aliphatic carbocycles. The second-order valence-electron chi connectivity index (χ2n) is 4.60. The minimum Gasteiger partial charge on any atom is -0.303 e. The minimum atomic E-state index is 0.356. The fraction of sp³-hybridized carbons (Fsp3) is 0.333. The zero-order valence-electron chi connectivity index (χ0n) is 10.9. The first-order valence-corrected chi connectivity index (χ1v) is 7.81. The van der Waals surface area contributed by atoms with E-state index in [2.05, 4.69) is 77.7 Å². The van der Waals surface area contributed by atoms with Gasteiger partial charge in [0.1, 0.15) is 0 Å². The lowest BCUT2D eigenvalue weighted by atomic mass is 10.0. The van der Waals surface area contributed by atoms with E-state index >= 15 is 0 Å². The van der Waals surface area contributed by atoms with E-state index in [4.69, 9.17) is 0 Å². The molecule has 1 heterocycles. The summed E-state index contributed by atoms with van der Waals surface area (Å²) in [4.78, 5) is 1.36. The first kappa shape index (κ1) is 13.8. The van der Waals surface area contributed by atoms with Gasteiger partial charge in [0.2, 0.25) is 0 Å². The van der Waals surface area contributed by atoms with Crippen LogP contribution >= 0.6 is 27.3 Å². The molecule has 18 heavy (non-hydrogen) atoms. The Balaban J connectivity index is 2.11. The normalized spacial score (nSPS) is 14.4. The van der Waals surface area contributed by atoms with Crippen molar-refractivity contribution in [2.75, 3.05) is 0 Å². The van der Waals surface area contributed by atoms with Crippen LogP contribution in [0.4, 0.5) is 0 Å². The molecule has 1 aromatic heterocycles. The first-order valence-electron chi connectivity index (χ1n) is 6.14. The van der Waals surface area contributed by atoms with Gasteiger partial charge in [0.25, 0.3) is 0 Å². The Morgan fingerprint density at radius 3 is 2.44 bits per heavy atom. The summed E-state index contributed by atoms with van der Waals surface area (Å²) >= 11 is 5.39. The Morgan fingerprint density at radius 1 is 1.11 bits per heavy atom. The first-order chi connectivity index (χ1) is 8.59. The molecule has 0 spiro atoms. The number of aryl methyl sites for hydroxylation is 1. The zero-order valence-corrected chi connectivity index (χ0v) is 13.3. The molecule has 0 aliphatic rings. The highest BCUT2D eigenvalue weighted by atomic mass is 79.9. The molecule has 1 N–H and O–H groups in total. The number of nitrogens with one attached hydrogen (secondary N) is 1. The van der Waals surface area contributed by atoms with Gasteiger partial charge in [-0.15, -0.1) is 11.3 Å². The van der Waals surface area contributed by atoms with Crippen LogP contribution in [0, 0.1) is 6.92 Å². The molecule has 0 aliphatic heterocycles. The van der Waals surface area contributed by atoms with E-state index < -0.39 is 0 Å². The summed E-state index contributed by atoms with van der Waals surface area (Å²) in [6.07, 6.45) is 0. The topological polar surface area (TPSA) is 12.0 Å². The van der Waals surface area contributed by atoms with Gasteiger partial charge in [-0.3, -0.25) is 0 Å². The molecule has 2 unspecified atom stereocenters. The van der Waals surface area contributed by atoms with Crippen LogP contribution in [0.2, 0.25) is 0 Å². The largest absolute Gasteiger partial charge is 0.303 e. The predicted molar refractivity (Wildman–Crippen MR) is 83.2 cm³/mol. The average molecular weight is 324 g/mol. The van der Waals surface area contributed by atoms with Crippen molar-refractivity contribution in [2.24, 2.45) is 0 Å². The molecular weight excluding hydrogens is 306 g/mol. The Bertz CT molecular complexity index is 521. The van der Waals surface area contributed by atoms with E-state index in [1.807, 2.05) is 0 Å². The predicted octanol–water partition coefficient (Wildman–Crippen LogP) is 5.23. The monoisotopic (exact) mass is 323 g/mol. The summed E-state index contributed by atoms with van der Waals surface area (Å²) in [5.74, 6) is 0. The third-order valence-electron chi connectivity index (χ3n) is 3.19.